The lowest BCUT2D eigenvalue weighted by atomic mass is 9.80. The molecule has 15 heavy (non-hydrogen) atoms. The molecular formula is C11H19N3O. The molecule has 1 fully saturated rings. The van der Waals surface area contributed by atoms with Crippen molar-refractivity contribution in [2.75, 3.05) is 6.54 Å². The van der Waals surface area contributed by atoms with Crippen LogP contribution in [0, 0.1) is 6.92 Å². The number of hydrogen-bond acceptors (Lipinski definition) is 3. The van der Waals surface area contributed by atoms with E-state index in [1.165, 1.54) is 0 Å². The van der Waals surface area contributed by atoms with Crippen LogP contribution in [0.3, 0.4) is 0 Å². The van der Waals surface area contributed by atoms with Gasteiger partial charge in [0.2, 0.25) is 0 Å². The van der Waals surface area contributed by atoms with E-state index in [0.717, 1.165) is 37.2 Å². The van der Waals surface area contributed by atoms with Gasteiger partial charge in [-0.25, -0.2) is 0 Å². The summed E-state index contributed by atoms with van der Waals surface area (Å²) in [5.74, 6) is 0. The predicted octanol–water partition coefficient (Wildman–Crippen LogP) is 0.733. The molecule has 2 N–H and O–H groups in total. The number of aryl methyl sites for hydroxylation is 2. The minimum atomic E-state index is -0.437. The Morgan fingerprint density at radius 1 is 1.60 bits per heavy atom. The molecule has 2 rings (SSSR count). The average molecular weight is 209 g/mol. The van der Waals surface area contributed by atoms with Crippen LogP contribution >= 0.6 is 0 Å². The number of nitrogens with one attached hydrogen (secondary N) is 1. The Hall–Kier alpha value is -0.870. The zero-order valence-electron chi connectivity index (χ0n) is 9.45. The van der Waals surface area contributed by atoms with Crippen molar-refractivity contribution in [2.24, 2.45) is 7.05 Å². The molecule has 0 aliphatic heterocycles. The highest BCUT2D eigenvalue weighted by molar-refractivity contribution is 5.08. The molecule has 4 heteroatoms. The first-order chi connectivity index (χ1) is 7.09. The average Bonchev–Trinajstić information content (AvgIpc) is 2.42. The van der Waals surface area contributed by atoms with Crippen LogP contribution in [0.5, 0.6) is 0 Å². The molecule has 0 aromatic carbocycles. The normalized spacial score (nSPS) is 18.9. The van der Waals surface area contributed by atoms with E-state index in [2.05, 4.69) is 16.5 Å². The smallest absolute Gasteiger partial charge is 0.0771 e. The van der Waals surface area contributed by atoms with Crippen LogP contribution in [0.15, 0.2) is 6.07 Å². The van der Waals surface area contributed by atoms with E-state index in [1.54, 1.807) is 0 Å². The molecule has 4 nitrogen and oxygen atoms in total. The monoisotopic (exact) mass is 209 g/mol. The first kappa shape index (κ1) is 10.6. The third-order valence-electron chi connectivity index (χ3n) is 3.14. The maximum Gasteiger partial charge on any atom is 0.0771 e. The van der Waals surface area contributed by atoms with E-state index in [0.29, 0.717) is 6.54 Å². The van der Waals surface area contributed by atoms with Crippen molar-refractivity contribution in [1.82, 2.24) is 15.1 Å². The van der Waals surface area contributed by atoms with Gasteiger partial charge < -0.3 is 10.4 Å². The summed E-state index contributed by atoms with van der Waals surface area (Å²) in [7, 11) is 1.95. The third-order valence-corrected chi connectivity index (χ3v) is 3.14. The summed E-state index contributed by atoms with van der Waals surface area (Å²) in [6.07, 6.45) is 3.03. The minimum Gasteiger partial charge on any atom is -0.389 e. The molecule has 84 valence electrons. The molecule has 0 radical (unpaired) electrons. The van der Waals surface area contributed by atoms with Gasteiger partial charge in [0.05, 0.1) is 17.0 Å². The maximum absolute atomic E-state index is 9.88. The SMILES string of the molecule is Cc1cc(CNCC2(O)CCC2)n(C)n1. The lowest BCUT2D eigenvalue weighted by Crippen LogP contribution is -2.46. The largest absolute Gasteiger partial charge is 0.389 e. The van der Waals surface area contributed by atoms with E-state index in [-0.39, 0.29) is 0 Å². The highest BCUT2D eigenvalue weighted by Crippen LogP contribution is 2.30. The Morgan fingerprint density at radius 2 is 2.33 bits per heavy atom. The molecule has 0 atom stereocenters. The summed E-state index contributed by atoms with van der Waals surface area (Å²) in [6, 6.07) is 2.07. The summed E-state index contributed by atoms with van der Waals surface area (Å²) in [5, 5.41) is 17.4. The van der Waals surface area contributed by atoms with Gasteiger partial charge in [-0.2, -0.15) is 5.10 Å². The molecule has 1 saturated carbocycles. The number of nitrogens with zero attached hydrogens (tertiary/aromatic N) is 2. The summed E-state index contributed by atoms with van der Waals surface area (Å²) < 4.78 is 1.88. The van der Waals surface area contributed by atoms with Crippen molar-refractivity contribution in [3.8, 4) is 0 Å². The van der Waals surface area contributed by atoms with Crippen LogP contribution in [-0.2, 0) is 13.6 Å². The van der Waals surface area contributed by atoms with Crippen molar-refractivity contribution < 1.29 is 5.11 Å². The van der Waals surface area contributed by atoms with Crippen molar-refractivity contribution in [3.05, 3.63) is 17.5 Å². The first-order valence-corrected chi connectivity index (χ1v) is 5.52. The Balaban J connectivity index is 1.80. The number of rotatable bonds is 4. The van der Waals surface area contributed by atoms with E-state index in [4.69, 9.17) is 0 Å². The summed E-state index contributed by atoms with van der Waals surface area (Å²) in [4.78, 5) is 0. The van der Waals surface area contributed by atoms with Crippen LogP contribution in [0.4, 0.5) is 0 Å². The van der Waals surface area contributed by atoms with E-state index in [1.807, 2.05) is 18.7 Å². The number of aliphatic hydroxyl groups is 1. The van der Waals surface area contributed by atoms with Crippen molar-refractivity contribution >= 4 is 0 Å². The van der Waals surface area contributed by atoms with Gasteiger partial charge in [-0.05, 0) is 32.3 Å². The molecule has 0 spiro atoms. The lowest BCUT2D eigenvalue weighted by molar-refractivity contribution is -0.0315. The van der Waals surface area contributed by atoms with Crippen LogP contribution < -0.4 is 5.32 Å². The first-order valence-electron chi connectivity index (χ1n) is 5.52. The second kappa shape index (κ2) is 3.94. The summed E-state index contributed by atoms with van der Waals surface area (Å²) in [6.45, 7) is 3.46. The zero-order valence-corrected chi connectivity index (χ0v) is 9.45. The Labute approximate surface area is 90.3 Å². The van der Waals surface area contributed by atoms with E-state index >= 15 is 0 Å². The van der Waals surface area contributed by atoms with Gasteiger partial charge in [0.1, 0.15) is 0 Å². The minimum absolute atomic E-state index is 0.437. The van der Waals surface area contributed by atoms with Crippen LogP contribution in [0.1, 0.15) is 30.7 Å². The standard InChI is InChI=1S/C11H19N3O/c1-9-6-10(14(2)13-9)7-12-8-11(15)4-3-5-11/h6,12,15H,3-5,7-8H2,1-2H3. The Kier molecular flexibility index (Phi) is 2.80. The van der Waals surface area contributed by atoms with Gasteiger partial charge in [0.25, 0.3) is 0 Å². The van der Waals surface area contributed by atoms with Gasteiger partial charge in [0, 0.05) is 20.1 Å². The number of hydrogen-bond donors (Lipinski definition) is 2. The molecule has 0 unspecified atom stereocenters. The fraction of sp³-hybridized carbons (Fsp3) is 0.727. The van der Waals surface area contributed by atoms with E-state index in [9.17, 15) is 5.11 Å². The van der Waals surface area contributed by atoms with Crippen molar-refractivity contribution in [3.63, 3.8) is 0 Å². The molecule has 1 aliphatic rings. The molecule has 1 aliphatic carbocycles. The van der Waals surface area contributed by atoms with Gasteiger partial charge in [-0.15, -0.1) is 0 Å². The van der Waals surface area contributed by atoms with Crippen LogP contribution in [-0.4, -0.2) is 27.0 Å². The second-order valence-electron chi connectivity index (χ2n) is 4.58. The predicted molar refractivity (Wildman–Crippen MR) is 58.5 cm³/mol. The quantitative estimate of drug-likeness (QED) is 0.768. The van der Waals surface area contributed by atoms with Crippen LogP contribution in [0.25, 0.3) is 0 Å². The highest BCUT2D eigenvalue weighted by Gasteiger charge is 2.33. The fourth-order valence-electron chi connectivity index (χ4n) is 2.01. The lowest BCUT2D eigenvalue weighted by Gasteiger charge is -2.36. The Morgan fingerprint density at radius 3 is 2.80 bits per heavy atom. The van der Waals surface area contributed by atoms with Crippen LogP contribution in [0.2, 0.25) is 0 Å². The molecule has 1 aromatic rings. The third kappa shape index (κ3) is 2.38. The summed E-state index contributed by atoms with van der Waals surface area (Å²) in [5.41, 5.74) is 1.76. The molecule has 0 saturated heterocycles. The maximum atomic E-state index is 9.88. The van der Waals surface area contributed by atoms with Crippen molar-refractivity contribution in [2.45, 2.75) is 38.3 Å². The Bertz CT molecular complexity index is 342. The number of aromatic nitrogens is 2. The van der Waals surface area contributed by atoms with Gasteiger partial charge in [-0.3, -0.25) is 4.68 Å². The highest BCUT2D eigenvalue weighted by atomic mass is 16.3. The summed E-state index contributed by atoms with van der Waals surface area (Å²) >= 11 is 0. The molecular weight excluding hydrogens is 190 g/mol. The zero-order chi connectivity index (χ0) is 10.9. The second-order valence-corrected chi connectivity index (χ2v) is 4.58. The molecule has 1 aromatic heterocycles. The topological polar surface area (TPSA) is 50.1 Å². The fourth-order valence-corrected chi connectivity index (χ4v) is 2.01. The van der Waals surface area contributed by atoms with Gasteiger partial charge in [0.15, 0.2) is 0 Å². The van der Waals surface area contributed by atoms with E-state index < -0.39 is 5.60 Å². The molecule has 1 heterocycles. The van der Waals surface area contributed by atoms with Gasteiger partial charge in [-0.1, -0.05) is 0 Å². The molecule has 0 bridgehead atoms. The van der Waals surface area contributed by atoms with Gasteiger partial charge >= 0.3 is 0 Å². The molecule has 0 amide bonds. The van der Waals surface area contributed by atoms with Crippen molar-refractivity contribution in [1.29, 1.82) is 0 Å².